The fraction of sp³-hybridized carbons (Fsp3) is 0.818. The van der Waals surface area contributed by atoms with Crippen molar-refractivity contribution in [2.24, 2.45) is 0 Å². The van der Waals surface area contributed by atoms with E-state index >= 15 is 0 Å². The van der Waals surface area contributed by atoms with Crippen LogP contribution in [0, 0.1) is 0 Å². The minimum Gasteiger partial charge on any atom is -0.550 e. The Labute approximate surface area is 96.6 Å². The van der Waals surface area contributed by atoms with E-state index in [1.54, 1.807) is 0 Å². The molecule has 0 rings (SSSR count). The van der Waals surface area contributed by atoms with Gasteiger partial charge in [0.2, 0.25) is 0 Å². The minimum absolute atomic E-state index is 0.245. The molecule has 0 unspecified atom stereocenters. The molecular weight excluding hydrogens is 210 g/mol. The van der Waals surface area contributed by atoms with Gasteiger partial charge >= 0.3 is 5.97 Å². The molecule has 0 aliphatic heterocycles. The number of carboxylic acid groups (broad SMARTS) is 1. The molecule has 0 N–H and O–H groups in total. The van der Waals surface area contributed by atoms with Crippen LogP contribution in [0.1, 0.15) is 26.2 Å². The third-order valence-electron chi connectivity index (χ3n) is 1.90. The predicted octanol–water partition coefficient (Wildman–Crippen LogP) is -0.455. The van der Waals surface area contributed by atoms with Crippen molar-refractivity contribution >= 4 is 11.9 Å². The second kappa shape index (κ2) is 6.48. The van der Waals surface area contributed by atoms with Gasteiger partial charge in [-0.25, -0.2) is 0 Å². The molecule has 5 nitrogen and oxygen atoms in total. The summed E-state index contributed by atoms with van der Waals surface area (Å²) in [4.78, 5) is 21.8. The molecule has 0 saturated carbocycles. The third-order valence-corrected chi connectivity index (χ3v) is 1.90. The molecule has 0 heterocycles. The van der Waals surface area contributed by atoms with Gasteiger partial charge in [0.15, 0.2) is 6.10 Å². The lowest BCUT2D eigenvalue weighted by atomic mass is 10.2. The average molecular weight is 231 g/mol. The van der Waals surface area contributed by atoms with Gasteiger partial charge in [0.1, 0.15) is 6.54 Å². The Morgan fingerprint density at radius 1 is 1.31 bits per heavy atom. The summed E-state index contributed by atoms with van der Waals surface area (Å²) in [5.41, 5.74) is 0. The number of aliphatic carboxylic acids is 1. The Bertz CT molecular complexity index is 245. The lowest BCUT2D eigenvalue weighted by Gasteiger charge is -2.29. The summed E-state index contributed by atoms with van der Waals surface area (Å²) in [5, 5.41) is 10.5. The fourth-order valence-electron chi connectivity index (χ4n) is 1.39. The van der Waals surface area contributed by atoms with Crippen LogP contribution < -0.4 is 5.11 Å². The number of carbonyl (C=O) groups is 2. The summed E-state index contributed by atoms with van der Waals surface area (Å²) in [6.45, 7) is 2.33. The lowest BCUT2D eigenvalue weighted by Crippen LogP contribution is -2.45. The summed E-state index contributed by atoms with van der Waals surface area (Å²) in [6.07, 6.45) is 0.163. The van der Waals surface area contributed by atoms with Crippen LogP contribution in [0.5, 0.6) is 0 Å². The number of carbonyl (C=O) groups excluding carboxylic acids is 2. The molecular formula is C11H21NO4. The monoisotopic (exact) mass is 231 g/mol. The van der Waals surface area contributed by atoms with Crippen LogP contribution in [0.15, 0.2) is 0 Å². The molecule has 0 bridgehead atoms. The molecule has 0 saturated heterocycles. The first-order valence-corrected chi connectivity index (χ1v) is 5.44. The number of esters is 1. The topological polar surface area (TPSA) is 66.4 Å². The zero-order chi connectivity index (χ0) is 12.8. The molecule has 0 aromatic rings. The van der Waals surface area contributed by atoms with Crippen LogP contribution >= 0.6 is 0 Å². The summed E-state index contributed by atoms with van der Waals surface area (Å²) in [5.74, 6) is -1.54. The molecule has 16 heavy (non-hydrogen) atoms. The van der Waals surface area contributed by atoms with E-state index in [0.29, 0.717) is 23.9 Å². The molecule has 0 aliphatic rings. The Morgan fingerprint density at radius 3 is 2.25 bits per heavy atom. The maximum Gasteiger partial charge on any atom is 0.306 e. The molecule has 0 aliphatic carbocycles. The molecule has 0 aromatic heterocycles. The van der Waals surface area contributed by atoms with E-state index in [4.69, 9.17) is 4.74 Å². The molecule has 0 amide bonds. The number of hydrogen-bond donors (Lipinski definition) is 0. The second-order valence-electron chi connectivity index (χ2n) is 4.91. The van der Waals surface area contributed by atoms with Crippen molar-refractivity contribution in [1.29, 1.82) is 0 Å². The van der Waals surface area contributed by atoms with Crippen LogP contribution in [0.3, 0.4) is 0 Å². The number of rotatable bonds is 7. The van der Waals surface area contributed by atoms with Crippen LogP contribution in [-0.2, 0) is 14.3 Å². The highest BCUT2D eigenvalue weighted by Gasteiger charge is 2.21. The second-order valence-corrected chi connectivity index (χ2v) is 4.91. The smallest absolute Gasteiger partial charge is 0.306 e. The normalized spacial score (nSPS) is 13.2. The third kappa shape index (κ3) is 8.23. The SMILES string of the molecule is CCCC(=O)O[C@@H](CC(=O)[O-])C[N+](C)(C)C. The van der Waals surface area contributed by atoms with Gasteiger partial charge in [-0.15, -0.1) is 0 Å². The van der Waals surface area contributed by atoms with Crippen LogP contribution in [-0.4, -0.2) is 50.2 Å². The molecule has 94 valence electrons. The largest absolute Gasteiger partial charge is 0.550 e. The number of quaternary nitrogens is 1. The van der Waals surface area contributed by atoms with Gasteiger partial charge < -0.3 is 19.1 Å². The predicted molar refractivity (Wildman–Crippen MR) is 57.3 cm³/mol. The highest BCUT2D eigenvalue weighted by Crippen LogP contribution is 2.06. The van der Waals surface area contributed by atoms with E-state index in [1.165, 1.54) is 0 Å². The number of likely N-dealkylation sites (N-methyl/N-ethyl adjacent to an activating group) is 1. The van der Waals surface area contributed by atoms with Crippen molar-refractivity contribution in [2.75, 3.05) is 27.7 Å². The molecule has 5 heteroatoms. The molecule has 1 atom stereocenters. The van der Waals surface area contributed by atoms with Gasteiger partial charge in [0.25, 0.3) is 0 Å². The highest BCUT2D eigenvalue weighted by atomic mass is 16.5. The summed E-state index contributed by atoms with van der Waals surface area (Å²) >= 11 is 0. The van der Waals surface area contributed by atoms with Crippen LogP contribution in [0.25, 0.3) is 0 Å². The number of hydrogen-bond acceptors (Lipinski definition) is 4. The summed E-state index contributed by atoms with van der Waals surface area (Å²) < 4.78 is 5.64. The van der Waals surface area contributed by atoms with Crippen LogP contribution in [0.4, 0.5) is 0 Å². The molecule has 0 aromatic carbocycles. The summed E-state index contributed by atoms with van der Waals surface area (Å²) in [7, 11) is 5.74. The van der Waals surface area contributed by atoms with E-state index in [0.717, 1.165) is 0 Å². The van der Waals surface area contributed by atoms with Crippen molar-refractivity contribution in [2.45, 2.75) is 32.3 Å². The highest BCUT2D eigenvalue weighted by molar-refractivity contribution is 5.70. The fourth-order valence-corrected chi connectivity index (χ4v) is 1.39. The first kappa shape index (κ1) is 14.9. The zero-order valence-electron chi connectivity index (χ0n) is 10.5. The first-order chi connectivity index (χ1) is 7.24. The number of ether oxygens (including phenoxy) is 1. The van der Waals surface area contributed by atoms with E-state index < -0.39 is 12.1 Å². The molecule has 0 spiro atoms. The van der Waals surface area contributed by atoms with Gasteiger partial charge in [-0.2, -0.15) is 0 Å². The van der Waals surface area contributed by atoms with Gasteiger partial charge in [-0.1, -0.05) is 6.92 Å². The standard InChI is InChI=1S/C11H21NO4/c1-5-6-11(15)16-9(7-10(13)14)8-12(2,3)4/h9H,5-8H2,1-4H3/t9-/m0/s1. The van der Waals surface area contributed by atoms with Crippen LogP contribution in [0.2, 0.25) is 0 Å². The Balaban J connectivity index is 4.31. The average Bonchev–Trinajstić information content (AvgIpc) is 1.98. The van der Waals surface area contributed by atoms with Crippen molar-refractivity contribution in [3.05, 3.63) is 0 Å². The van der Waals surface area contributed by atoms with Crippen molar-refractivity contribution in [1.82, 2.24) is 0 Å². The lowest BCUT2D eigenvalue weighted by molar-refractivity contribution is -0.873. The van der Waals surface area contributed by atoms with Gasteiger partial charge in [-0.05, 0) is 6.42 Å². The van der Waals surface area contributed by atoms with E-state index in [1.807, 2.05) is 28.1 Å². The molecule has 0 radical (unpaired) electrons. The van der Waals surface area contributed by atoms with E-state index in [2.05, 4.69) is 0 Å². The quantitative estimate of drug-likeness (QED) is 0.439. The van der Waals surface area contributed by atoms with E-state index in [9.17, 15) is 14.7 Å². The van der Waals surface area contributed by atoms with Crippen molar-refractivity contribution in [3.8, 4) is 0 Å². The number of nitrogens with zero attached hydrogens (tertiary/aromatic N) is 1. The molecule has 0 fully saturated rings. The minimum atomic E-state index is -1.19. The Hall–Kier alpha value is -1.10. The summed E-state index contributed by atoms with van der Waals surface area (Å²) in [6, 6.07) is 0. The van der Waals surface area contributed by atoms with Crippen molar-refractivity contribution < 1.29 is 23.9 Å². The van der Waals surface area contributed by atoms with Gasteiger partial charge in [0.05, 0.1) is 21.1 Å². The maximum absolute atomic E-state index is 11.3. The maximum atomic E-state index is 11.3. The zero-order valence-corrected chi connectivity index (χ0v) is 10.5. The van der Waals surface area contributed by atoms with E-state index in [-0.39, 0.29) is 12.4 Å². The Kier molecular flexibility index (Phi) is 6.03. The number of carboxylic acids is 1. The van der Waals surface area contributed by atoms with Gasteiger partial charge in [-0.3, -0.25) is 4.79 Å². The Morgan fingerprint density at radius 2 is 1.88 bits per heavy atom. The van der Waals surface area contributed by atoms with Crippen molar-refractivity contribution in [3.63, 3.8) is 0 Å². The first-order valence-electron chi connectivity index (χ1n) is 5.44. The van der Waals surface area contributed by atoms with Gasteiger partial charge in [0, 0.05) is 18.8 Å².